The minimum absolute atomic E-state index is 0.0751. The second-order valence-electron chi connectivity index (χ2n) is 4.62. The number of nitrogen functional groups attached to an aromatic ring is 1. The maximum absolute atomic E-state index is 12.2. The molecule has 16 heavy (non-hydrogen) atoms. The molecule has 1 saturated carbocycles. The number of hydrogen-bond donors (Lipinski definition) is 1. The normalized spacial score (nSPS) is 16.6. The van der Waals surface area contributed by atoms with Gasteiger partial charge in [0.05, 0.1) is 5.69 Å². The average molecular weight is 221 g/mol. The van der Waals surface area contributed by atoms with Gasteiger partial charge >= 0.3 is 0 Å². The van der Waals surface area contributed by atoms with Gasteiger partial charge in [0.15, 0.2) is 0 Å². The summed E-state index contributed by atoms with van der Waals surface area (Å²) >= 11 is 0. The first-order chi connectivity index (χ1) is 7.59. The Hall–Kier alpha value is -1.45. The van der Waals surface area contributed by atoms with Crippen LogP contribution in [0.3, 0.4) is 0 Å². The van der Waals surface area contributed by atoms with E-state index in [-0.39, 0.29) is 5.91 Å². The van der Waals surface area contributed by atoms with E-state index in [4.69, 9.17) is 5.73 Å². The Balaban J connectivity index is 2.14. The van der Waals surface area contributed by atoms with Crippen molar-refractivity contribution in [3.63, 3.8) is 0 Å². The van der Waals surface area contributed by atoms with Gasteiger partial charge < -0.3 is 15.2 Å². The number of rotatable bonds is 2. The van der Waals surface area contributed by atoms with Gasteiger partial charge in [-0.2, -0.15) is 0 Å². The molecular formula is C12H19N3O. The lowest BCUT2D eigenvalue weighted by atomic mass is 10.2. The summed E-state index contributed by atoms with van der Waals surface area (Å²) in [5.74, 6) is 0.0751. The van der Waals surface area contributed by atoms with Gasteiger partial charge in [0, 0.05) is 26.3 Å². The minimum Gasteiger partial charge on any atom is -0.397 e. The monoisotopic (exact) mass is 221 g/mol. The molecule has 4 heteroatoms. The van der Waals surface area contributed by atoms with Crippen LogP contribution in [0.2, 0.25) is 0 Å². The first kappa shape index (κ1) is 11.0. The summed E-state index contributed by atoms with van der Waals surface area (Å²) in [6, 6.07) is 2.15. The summed E-state index contributed by atoms with van der Waals surface area (Å²) in [5.41, 5.74) is 7.00. The summed E-state index contributed by atoms with van der Waals surface area (Å²) in [5, 5.41) is 0. The summed E-state index contributed by atoms with van der Waals surface area (Å²) < 4.78 is 1.79. The summed E-state index contributed by atoms with van der Waals surface area (Å²) in [7, 11) is 3.74. The van der Waals surface area contributed by atoms with E-state index in [0.29, 0.717) is 17.4 Å². The fraction of sp³-hybridized carbons (Fsp3) is 0.583. The molecule has 1 heterocycles. The van der Waals surface area contributed by atoms with Gasteiger partial charge in [0.2, 0.25) is 0 Å². The number of nitrogens with two attached hydrogens (primary N) is 1. The molecule has 1 amide bonds. The molecule has 0 atom stereocenters. The number of carbonyl (C=O) groups is 1. The van der Waals surface area contributed by atoms with E-state index >= 15 is 0 Å². The first-order valence-electron chi connectivity index (χ1n) is 5.78. The molecule has 1 aromatic rings. The molecule has 1 aliphatic rings. The van der Waals surface area contributed by atoms with Crippen molar-refractivity contribution in [1.82, 2.24) is 9.47 Å². The zero-order chi connectivity index (χ0) is 11.7. The lowest BCUT2D eigenvalue weighted by Gasteiger charge is -2.24. The third kappa shape index (κ3) is 1.92. The zero-order valence-corrected chi connectivity index (χ0v) is 9.94. The molecule has 0 unspecified atom stereocenters. The Kier molecular flexibility index (Phi) is 2.90. The molecule has 1 fully saturated rings. The Morgan fingerprint density at radius 1 is 1.50 bits per heavy atom. The minimum atomic E-state index is 0.0751. The van der Waals surface area contributed by atoms with Gasteiger partial charge in [-0.25, -0.2) is 0 Å². The topological polar surface area (TPSA) is 51.3 Å². The second kappa shape index (κ2) is 4.20. The van der Waals surface area contributed by atoms with Crippen LogP contribution in [0.15, 0.2) is 12.3 Å². The van der Waals surface area contributed by atoms with Crippen LogP contribution in [0.5, 0.6) is 0 Å². The van der Waals surface area contributed by atoms with Crippen molar-refractivity contribution in [3.8, 4) is 0 Å². The van der Waals surface area contributed by atoms with Crippen LogP contribution >= 0.6 is 0 Å². The lowest BCUT2D eigenvalue weighted by Crippen LogP contribution is -2.36. The molecule has 4 nitrogen and oxygen atoms in total. The number of carbonyl (C=O) groups excluding carboxylic acids is 1. The highest BCUT2D eigenvalue weighted by Gasteiger charge is 2.25. The van der Waals surface area contributed by atoms with Crippen molar-refractivity contribution in [2.45, 2.75) is 31.7 Å². The van der Waals surface area contributed by atoms with Crippen LogP contribution < -0.4 is 5.73 Å². The Bertz CT molecular complexity index is 391. The molecule has 1 aliphatic carbocycles. The Morgan fingerprint density at radius 3 is 2.62 bits per heavy atom. The quantitative estimate of drug-likeness (QED) is 0.825. The Morgan fingerprint density at radius 2 is 2.12 bits per heavy atom. The number of amides is 1. The second-order valence-corrected chi connectivity index (χ2v) is 4.62. The average Bonchev–Trinajstić information content (AvgIpc) is 2.85. The number of nitrogens with zero attached hydrogens (tertiary/aromatic N) is 2. The number of anilines is 1. The fourth-order valence-corrected chi connectivity index (χ4v) is 2.44. The van der Waals surface area contributed by atoms with Crippen molar-refractivity contribution in [2.75, 3.05) is 12.8 Å². The molecule has 88 valence electrons. The van der Waals surface area contributed by atoms with Gasteiger partial charge in [0.1, 0.15) is 5.69 Å². The van der Waals surface area contributed by atoms with Crippen LogP contribution in [0.25, 0.3) is 0 Å². The molecule has 2 rings (SSSR count). The molecule has 0 bridgehead atoms. The number of aryl methyl sites for hydroxylation is 1. The van der Waals surface area contributed by atoms with Gasteiger partial charge in [-0.15, -0.1) is 0 Å². The van der Waals surface area contributed by atoms with Gasteiger partial charge in [-0.3, -0.25) is 4.79 Å². The van der Waals surface area contributed by atoms with E-state index in [9.17, 15) is 4.79 Å². The van der Waals surface area contributed by atoms with E-state index in [1.165, 1.54) is 12.8 Å². The smallest absolute Gasteiger partial charge is 0.270 e. The largest absolute Gasteiger partial charge is 0.397 e. The van der Waals surface area contributed by atoms with E-state index in [1.54, 1.807) is 16.8 Å². The van der Waals surface area contributed by atoms with Crippen LogP contribution in [0, 0.1) is 0 Å². The van der Waals surface area contributed by atoms with Gasteiger partial charge in [-0.1, -0.05) is 12.8 Å². The molecule has 0 aromatic carbocycles. The highest BCUT2D eigenvalue weighted by molar-refractivity contribution is 5.93. The van der Waals surface area contributed by atoms with Crippen molar-refractivity contribution < 1.29 is 4.79 Å². The molecular weight excluding hydrogens is 202 g/mol. The van der Waals surface area contributed by atoms with E-state index in [0.717, 1.165) is 12.8 Å². The number of hydrogen-bond acceptors (Lipinski definition) is 2. The van der Waals surface area contributed by atoms with E-state index in [1.807, 2.05) is 19.0 Å². The predicted molar refractivity (Wildman–Crippen MR) is 64.2 cm³/mol. The van der Waals surface area contributed by atoms with Crippen LogP contribution in [-0.2, 0) is 7.05 Å². The molecule has 0 spiro atoms. The van der Waals surface area contributed by atoms with Crippen molar-refractivity contribution in [1.29, 1.82) is 0 Å². The van der Waals surface area contributed by atoms with E-state index in [2.05, 4.69) is 0 Å². The molecule has 0 radical (unpaired) electrons. The van der Waals surface area contributed by atoms with Gasteiger partial charge in [-0.05, 0) is 18.9 Å². The third-order valence-electron chi connectivity index (χ3n) is 3.44. The highest BCUT2D eigenvalue weighted by atomic mass is 16.2. The summed E-state index contributed by atoms with van der Waals surface area (Å²) in [6.45, 7) is 0. The Labute approximate surface area is 96.0 Å². The molecule has 0 saturated heterocycles. The maximum Gasteiger partial charge on any atom is 0.270 e. The SMILES string of the molecule is CN(C(=O)c1cc(N)cn1C)C1CCCC1. The molecule has 2 N–H and O–H groups in total. The highest BCUT2D eigenvalue weighted by Crippen LogP contribution is 2.24. The van der Waals surface area contributed by atoms with Crippen LogP contribution in [-0.4, -0.2) is 28.5 Å². The number of aromatic nitrogens is 1. The maximum atomic E-state index is 12.2. The first-order valence-corrected chi connectivity index (χ1v) is 5.78. The summed E-state index contributed by atoms with van der Waals surface area (Å²) in [4.78, 5) is 14.1. The lowest BCUT2D eigenvalue weighted by molar-refractivity contribution is 0.0725. The molecule has 1 aromatic heterocycles. The fourth-order valence-electron chi connectivity index (χ4n) is 2.44. The predicted octanol–water partition coefficient (Wildman–Crippen LogP) is 1.62. The van der Waals surface area contributed by atoms with Crippen LogP contribution in [0.1, 0.15) is 36.2 Å². The molecule has 0 aliphatic heterocycles. The van der Waals surface area contributed by atoms with Gasteiger partial charge in [0.25, 0.3) is 5.91 Å². The zero-order valence-electron chi connectivity index (χ0n) is 9.94. The van der Waals surface area contributed by atoms with Crippen LogP contribution in [0.4, 0.5) is 5.69 Å². The summed E-state index contributed by atoms with van der Waals surface area (Å²) in [6.07, 6.45) is 6.50. The standard InChI is InChI=1S/C12H19N3O/c1-14-8-9(13)7-11(14)12(16)15(2)10-5-3-4-6-10/h7-8,10H,3-6,13H2,1-2H3. The van der Waals surface area contributed by atoms with Crippen molar-refractivity contribution in [3.05, 3.63) is 18.0 Å². The van der Waals surface area contributed by atoms with E-state index < -0.39 is 0 Å². The van der Waals surface area contributed by atoms with Crippen molar-refractivity contribution >= 4 is 11.6 Å². The van der Waals surface area contributed by atoms with Crippen molar-refractivity contribution in [2.24, 2.45) is 7.05 Å². The third-order valence-corrected chi connectivity index (χ3v) is 3.44.